The van der Waals surface area contributed by atoms with Crippen molar-refractivity contribution < 1.29 is 0 Å². The molecule has 4 heteroatoms. The maximum atomic E-state index is 2.40. The van der Waals surface area contributed by atoms with Gasteiger partial charge in [0.25, 0.3) is 0 Å². The maximum Gasteiger partial charge on any atom is 0.0365 e. The van der Waals surface area contributed by atoms with Crippen molar-refractivity contribution in [3.05, 3.63) is 24.7 Å². The molecule has 1 heterocycles. The summed E-state index contributed by atoms with van der Waals surface area (Å²) < 4.78 is 4.12. The summed E-state index contributed by atoms with van der Waals surface area (Å²) in [7, 11) is 0. The molecule has 0 amide bonds. The van der Waals surface area contributed by atoms with E-state index in [9.17, 15) is 0 Å². The number of benzene rings is 1. The summed E-state index contributed by atoms with van der Waals surface area (Å²) >= 11 is 8.44. The topological polar surface area (TPSA) is 0 Å². The van der Waals surface area contributed by atoms with E-state index in [4.69, 9.17) is 0 Å². The first-order valence-corrected chi connectivity index (χ1v) is 7.89. The molecule has 0 atom stereocenters. The van der Waals surface area contributed by atoms with Crippen molar-refractivity contribution in [3.8, 4) is 0 Å². The van der Waals surface area contributed by atoms with E-state index in [0.717, 1.165) is 0 Å². The molecule has 1 aromatic carbocycles. The number of thioether (sulfide) groups is 1. The molecule has 0 fully saturated rings. The Bertz CT molecular complexity index is 448. The van der Waals surface area contributed by atoms with Crippen LogP contribution in [0, 0.1) is 7.14 Å². The molecular formula is C9H6I2S2. The Morgan fingerprint density at radius 2 is 2.00 bits per heavy atom. The van der Waals surface area contributed by atoms with E-state index in [1.165, 1.54) is 22.1 Å². The van der Waals surface area contributed by atoms with Crippen LogP contribution in [0.15, 0.2) is 22.4 Å². The van der Waals surface area contributed by atoms with Crippen LogP contribution in [0.3, 0.4) is 0 Å². The third-order valence-electron chi connectivity index (χ3n) is 1.80. The molecule has 0 saturated heterocycles. The lowest BCUT2D eigenvalue weighted by atomic mass is 10.3. The van der Waals surface area contributed by atoms with Crippen LogP contribution in [0.1, 0.15) is 0 Å². The smallest absolute Gasteiger partial charge is 0.0365 e. The molecule has 0 unspecified atom stereocenters. The van der Waals surface area contributed by atoms with Crippen LogP contribution in [0.4, 0.5) is 0 Å². The molecule has 0 aliphatic carbocycles. The van der Waals surface area contributed by atoms with Gasteiger partial charge in [-0.05, 0) is 63.6 Å². The molecule has 68 valence electrons. The number of rotatable bonds is 1. The molecule has 0 radical (unpaired) electrons. The molecule has 0 bridgehead atoms. The standard InChI is InChI=1S/C9H6I2S2/c1-12-9-3-8-5(2-6(9)10)7(11)4-13-8/h2-4H,1H3. The Hall–Kier alpha value is 0.990. The van der Waals surface area contributed by atoms with Crippen molar-refractivity contribution >= 4 is 78.4 Å². The molecule has 0 spiro atoms. The van der Waals surface area contributed by atoms with E-state index in [2.05, 4.69) is 69.0 Å². The first-order valence-electron chi connectivity index (χ1n) is 3.62. The van der Waals surface area contributed by atoms with Crippen LogP contribution in [0.25, 0.3) is 10.1 Å². The molecule has 0 saturated carbocycles. The molecule has 0 aliphatic rings. The molecule has 13 heavy (non-hydrogen) atoms. The second-order valence-electron chi connectivity index (χ2n) is 2.57. The van der Waals surface area contributed by atoms with E-state index >= 15 is 0 Å². The Labute approximate surface area is 113 Å². The minimum atomic E-state index is 1.36. The van der Waals surface area contributed by atoms with Crippen LogP contribution < -0.4 is 0 Å². The number of fused-ring (bicyclic) bond motifs is 1. The summed E-state index contributed by atoms with van der Waals surface area (Å²) in [4.78, 5) is 1.38. The number of hydrogen-bond donors (Lipinski definition) is 0. The zero-order valence-electron chi connectivity index (χ0n) is 6.80. The summed E-state index contributed by atoms with van der Waals surface area (Å²) in [5, 5.41) is 3.61. The second-order valence-corrected chi connectivity index (χ2v) is 6.65. The van der Waals surface area contributed by atoms with Crippen molar-refractivity contribution in [1.29, 1.82) is 0 Å². The van der Waals surface area contributed by atoms with Gasteiger partial charge in [0.1, 0.15) is 0 Å². The Kier molecular flexibility index (Phi) is 3.43. The lowest BCUT2D eigenvalue weighted by Gasteiger charge is -2.00. The van der Waals surface area contributed by atoms with E-state index in [-0.39, 0.29) is 0 Å². The van der Waals surface area contributed by atoms with Crippen molar-refractivity contribution in [2.75, 3.05) is 6.26 Å². The summed E-state index contributed by atoms with van der Waals surface area (Å²) in [6, 6.07) is 4.56. The molecule has 0 N–H and O–H groups in total. The molecule has 2 rings (SSSR count). The van der Waals surface area contributed by atoms with Crippen LogP contribution in [0.5, 0.6) is 0 Å². The van der Waals surface area contributed by atoms with Gasteiger partial charge in [-0.2, -0.15) is 0 Å². The van der Waals surface area contributed by atoms with Gasteiger partial charge in [-0.15, -0.1) is 23.1 Å². The Morgan fingerprint density at radius 3 is 2.69 bits per heavy atom. The quantitative estimate of drug-likeness (QED) is 0.460. The third-order valence-corrected chi connectivity index (χ3v) is 6.10. The first kappa shape index (κ1) is 10.5. The zero-order valence-corrected chi connectivity index (χ0v) is 12.8. The van der Waals surface area contributed by atoms with Gasteiger partial charge in [0.2, 0.25) is 0 Å². The SMILES string of the molecule is CSc1cc2scc(I)c2cc1I. The van der Waals surface area contributed by atoms with Crippen molar-refractivity contribution in [1.82, 2.24) is 0 Å². The van der Waals surface area contributed by atoms with Crippen LogP contribution in [-0.4, -0.2) is 6.26 Å². The number of halogens is 2. The molecule has 0 nitrogen and oxygen atoms in total. The fourth-order valence-electron chi connectivity index (χ4n) is 1.15. The second kappa shape index (κ2) is 4.24. The van der Waals surface area contributed by atoms with Crippen molar-refractivity contribution in [2.24, 2.45) is 0 Å². The lowest BCUT2D eigenvalue weighted by Crippen LogP contribution is -1.77. The minimum absolute atomic E-state index is 1.36. The minimum Gasteiger partial charge on any atom is -0.143 e. The summed E-state index contributed by atoms with van der Waals surface area (Å²) in [5.74, 6) is 0. The maximum absolute atomic E-state index is 2.40. The van der Waals surface area contributed by atoms with Crippen molar-refractivity contribution in [3.63, 3.8) is 0 Å². The number of hydrogen-bond acceptors (Lipinski definition) is 2. The fraction of sp³-hybridized carbons (Fsp3) is 0.111. The highest BCUT2D eigenvalue weighted by Crippen LogP contribution is 2.33. The van der Waals surface area contributed by atoms with Gasteiger partial charge in [-0.3, -0.25) is 0 Å². The molecule has 2 aromatic rings. The van der Waals surface area contributed by atoms with Gasteiger partial charge >= 0.3 is 0 Å². The molecule has 1 aromatic heterocycles. The third kappa shape index (κ3) is 2.00. The Morgan fingerprint density at radius 1 is 1.23 bits per heavy atom. The van der Waals surface area contributed by atoms with E-state index in [0.29, 0.717) is 0 Å². The largest absolute Gasteiger partial charge is 0.143 e. The van der Waals surface area contributed by atoms with Gasteiger partial charge in [-0.1, -0.05) is 0 Å². The van der Waals surface area contributed by atoms with E-state index in [1.54, 1.807) is 0 Å². The normalized spacial score (nSPS) is 11.0. The van der Waals surface area contributed by atoms with Gasteiger partial charge in [0.05, 0.1) is 0 Å². The lowest BCUT2D eigenvalue weighted by molar-refractivity contribution is 1.46. The van der Waals surface area contributed by atoms with Gasteiger partial charge in [-0.25, -0.2) is 0 Å². The predicted octanol–water partition coefficient (Wildman–Crippen LogP) is 4.83. The van der Waals surface area contributed by atoms with E-state index in [1.807, 2.05) is 23.1 Å². The van der Waals surface area contributed by atoms with Crippen LogP contribution in [0.2, 0.25) is 0 Å². The molecular weight excluding hydrogens is 426 g/mol. The highest BCUT2D eigenvalue weighted by Gasteiger charge is 2.05. The molecule has 0 aliphatic heterocycles. The van der Waals surface area contributed by atoms with Gasteiger partial charge in [0, 0.05) is 27.5 Å². The zero-order chi connectivity index (χ0) is 9.42. The summed E-state index contributed by atoms with van der Waals surface area (Å²) in [6.07, 6.45) is 2.13. The van der Waals surface area contributed by atoms with Gasteiger partial charge < -0.3 is 0 Å². The average molecular weight is 432 g/mol. The first-order chi connectivity index (χ1) is 6.22. The van der Waals surface area contributed by atoms with Gasteiger partial charge in [0.15, 0.2) is 0 Å². The van der Waals surface area contributed by atoms with Crippen LogP contribution >= 0.6 is 68.3 Å². The Balaban J connectivity index is 2.76. The van der Waals surface area contributed by atoms with Crippen LogP contribution in [-0.2, 0) is 0 Å². The predicted molar refractivity (Wildman–Crippen MR) is 79.0 cm³/mol. The number of thiophene rings is 1. The monoisotopic (exact) mass is 432 g/mol. The highest BCUT2D eigenvalue weighted by molar-refractivity contribution is 14.1. The summed E-state index contributed by atoms with van der Waals surface area (Å²) in [6.45, 7) is 0. The summed E-state index contributed by atoms with van der Waals surface area (Å²) in [5.41, 5.74) is 0. The fourth-order valence-corrected chi connectivity index (χ4v) is 4.70. The van der Waals surface area contributed by atoms with Crippen molar-refractivity contribution in [2.45, 2.75) is 4.90 Å². The average Bonchev–Trinajstić information content (AvgIpc) is 2.47. The van der Waals surface area contributed by atoms with E-state index < -0.39 is 0 Å². The highest BCUT2D eigenvalue weighted by atomic mass is 127.